The lowest BCUT2D eigenvalue weighted by Crippen LogP contribution is -2.32. The molecule has 1 aliphatic rings. The predicted octanol–water partition coefficient (Wildman–Crippen LogP) is 2.37. The summed E-state index contributed by atoms with van der Waals surface area (Å²) in [6, 6.07) is 8.91. The van der Waals surface area contributed by atoms with E-state index in [0.29, 0.717) is 12.6 Å². The molecular weight excluding hydrogens is 316 g/mol. The number of benzene rings is 1. The Morgan fingerprint density at radius 1 is 1.36 bits per heavy atom. The molecule has 0 unspecified atom stereocenters. The molecule has 1 aromatic carbocycles. The van der Waals surface area contributed by atoms with Crippen LogP contribution in [0.4, 0.5) is 0 Å². The lowest BCUT2D eigenvalue weighted by atomic mass is 10.0. The van der Waals surface area contributed by atoms with Gasteiger partial charge < -0.3 is 15.2 Å². The van der Waals surface area contributed by atoms with Crippen LogP contribution in [0.1, 0.15) is 43.4 Å². The summed E-state index contributed by atoms with van der Waals surface area (Å²) in [5.41, 5.74) is 2.34. The molecule has 2 rings (SSSR count). The Labute approximate surface area is 150 Å². The summed E-state index contributed by atoms with van der Waals surface area (Å²) in [6.45, 7) is 6.44. The third-order valence-electron chi connectivity index (χ3n) is 4.47. The van der Waals surface area contributed by atoms with Crippen LogP contribution in [0, 0.1) is 0 Å². The van der Waals surface area contributed by atoms with Crippen molar-refractivity contribution in [2.24, 2.45) is 0 Å². The number of hydrogen-bond acceptors (Lipinski definition) is 5. The third-order valence-corrected chi connectivity index (χ3v) is 4.47. The zero-order valence-corrected chi connectivity index (χ0v) is 15.1. The van der Waals surface area contributed by atoms with Gasteiger partial charge in [-0.3, -0.25) is 4.90 Å². The maximum atomic E-state index is 11.4. The predicted molar refractivity (Wildman–Crippen MR) is 100 cm³/mol. The van der Waals surface area contributed by atoms with Gasteiger partial charge in [0.15, 0.2) is 0 Å². The molecule has 1 heterocycles. The van der Waals surface area contributed by atoms with Crippen molar-refractivity contribution in [2.45, 2.75) is 32.2 Å². The van der Waals surface area contributed by atoms with E-state index in [1.807, 2.05) is 0 Å². The largest absolute Gasteiger partial charge is 0.463 e. The van der Waals surface area contributed by atoms with Crippen molar-refractivity contribution in [3.05, 3.63) is 41.5 Å². The van der Waals surface area contributed by atoms with Crippen LogP contribution in [0.25, 0.3) is 6.08 Å². The van der Waals surface area contributed by atoms with E-state index in [1.54, 1.807) is 13.0 Å². The van der Waals surface area contributed by atoms with Crippen molar-refractivity contribution >= 4 is 12.0 Å². The Hall–Kier alpha value is -1.69. The molecule has 1 aliphatic heterocycles. The molecule has 0 saturated carbocycles. The molecule has 0 bridgehead atoms. The van der Waals surface area contributed by atoms with Gasteiger partial charge in [-0.05, 0) is 56.5 Å². The van der Waals surface area contributed by atoms with Crippen LogP contribution in [0.5, 0.6) is 0 Å². The lowest BCUT2D eigenvalue weighted by molar-refractivity contribution is -0.137. The van der Waals surface area contributed by atoms with Crippen molar-refractivity contribution in [3.63, 3.8) is 0 Å². The highest BCUT2D eigenvalue weighted by Gasteiger charge is 2.25. The smallest absolute Gasteiger partial charge is 0.330 e. The molecule has 0 spiro atoms. The summed E-state index contributed by atoms with van der Waals surface area (Å²) in [6.07, 6.45) is 6.49. The first-order valence-corrected chi connectivity index (χ1v) is 9.25. The molecule has 5 heteroatoms. The maximum Gasteiger partial charge on any atom is 0.330 e. The Morgan fingerprint density at radius 2 is 2.16 bits per heavy atom. The minimum atomic E-state index is -0.303. The second-order valence-corrected chi connectivity index (χ2v) is 6.27. The zero-order chi connectivity index (χ0) is 17.9. The van der Waals surface area contributed by atoms with Crippen LogP contribution in [-0.4, -0.2) is 55.4 Å². The third kappa shape index (κ3) is 6.61. The molecule has 1 aromatic rings. The van der Waals surface area contributed by atoms with Gasteiger partial charge in [-0.1, -0.05) is 24.3 Å². The van der Waals surface area contributed by atoms with Crippen molar-refractivity contribution in [2.75, 3.05) is 39.4 Å². The first-order valence-electron chi connectivity index (χ1n) is 9.25. The van der Waals surface area contributed by atoms with E-state index >= 15 is 0 Å². The van der Waals surface area contributed by atoms with Gasteiger partial charge in [0.05, 0.1) is 6.61 Å². The molecule has 5 nitrogen and oxygen atoms in total. The summed E-state index contributed by atoms with van der Waals surface area (Å²) in [7, 11) is 0. The minimum Gasteiger partial charge on any atom is -0.463 e. The Morgan fingerprint density at radius 3 is 2.88 bits per heavy atom. The molecule has 1 atom stereocenters. The molecule has 1 saturated heterocycles. The highest BCUT2D eigenvalue weighted by Crippen LogP contribution is 2.31. The topological polar surface area (TPSA) is 61.8 Å². The average molecular weight is 346 g/mol. The molecule has 25 heavy (non-hydrogen) atoms. The number of esters is 1. The number of aliphatic hydroxyl groups excluding tert-OH is 1. The average Bonchev–Trinajstić information content (AvgIpc) is 3.09. The van der Waals surface area contributed by atoms with E-state index in [-0.39, 0.29) is 12.6 Å². The van der Waals surface area contributed by atoms with Gasteiger partial charge in [-0.25, -0.2) is 4.79 Å². The monoisotopic (exact) mass is 346 g/mol. The maximum absolute atomic E-state index is 11.4. The first kappa shape index (κ1) is 19.6. The van der Waals surface area contributed by atoms with E-state index < -0.39 is 0 Å². The van der Waals surface area contributed by atoms with Crippen LogP contribution in [0.15, 0.2) is 30.3 Å². The van der Waals surface area contributed by atoms with Crippen LogP contribution in [-0.2, 0) is 9.53 Å². The summed E-state index contributed by atoms with van der Waals surface area (Å²) in [5.74, 6) is -0.303. The molecule has 0 amide bonds. The van der Waals surface area contributed by atoms with Crippen molar-refractivity contribution in [1.82, 2.24) is 10.2 Å². The lowest BCUT2D eigenvalue weighted by Gasteiger charge is -2.25. The molecule has 2 N–H and O–H groups in total. The van der Waals surface area contributed by atoms with Gasteiger partial charge in [0.1, 0.15) is 0 Å². The fourth-order valence-corrected chi connectivity index (χ4v) is 3.21. The van der Waals surface area contributed by atoms with E-state index in [9.17, 15) is 4.79 Å². The van der Waals surface area contributed by atoms with Crippen molar-refractivity contribution in [1.29, 1.82) is 0 Å². The van der Waals surface area contributed by atoms with E-state index in [0.717, 1.165) is 38.2 Å². The van der Waals surface area contributed by atoms with Gasteiger partial charge in [0.25, 0.3) is 0 Å². The minimum absolute atomic E-state index is 0.246. The zero-order valence-electron chi connectivity index (χ0n) is 15.1. The summed E-state index contributed by atoms with van der Waals surface area (Å²) in [4.78, 5) is 13.9. The quantitative estimate of drug-likeness (QED) is 0.387. The van der Waals surface area contributed by atoms with Crippen molar-refractivity contribution < 1.29 is 14.6 Å². The number of carbonyl (C=O) groups is 1. The number of rotatable bonds is 10. The van der Waals surface area contributed by atoms with Crippen LogP contribution < -0.4 is 5.32 Å². The number of nitrogens with one attached hydrogen (secondary N) is 1. The van der Waals surface area contributed by atoms with E-state index in [2.05, 4.69) is 34.5 Å². The normalized spacial score (nSPS) is 18.1. The fourth-order valence-electron chi connectivity index (χ4n) is 3.21. The standard InChI is InChI=1S/C20H30N2O3/c1-2-25-20(24)11-8-17-6-9-18(10-7-17)19-5-3-14-22(19)15-13-21-12-4-16-23/h6-11,19,21,23H,2-5,12-16H2,1H3/b11-8+/t19-/m0/s1. The Balaban J connectivity index is 1.86. The highest BCUT2D eigenvalue weighted by atomic mass is 16.5. The van der Waals surface area contributed by atoms with E-state index in [1.165, 1.54) is 24.5 Å². The SMILES string of the molecule is CCOC(=O)/C=C/c1ccc([C@@H]2CCCN2CCNCCCO)cc1. The first-order chi connectivity index (χ1) is 12.2. The summed E-state index contributed by atoms with van der Waals surface area (Å²) in [5, 5.41) is 12.2. The van der Waals surface area contributed by atoms with Crippen molar-refractivity contribution in [3.8, 4) is 0 Å². The highest BCUT2D eigenvalue weighted by molar-refractivity contribution is 5.87. The van der Waals surface area contributed by atoms with Crippen LogP contribution in [0.3, 0.4) is 0 Å². The number of aliphatic hydroxyl groups is 1. The fraction of sp³-hybridized carbons (Fsp3) is 0.550. The molecule has 138 valence electrons. The second kappa shape index (κ2) is 11.0. The number of nitrogens with zero attached hydrogens (tertiary/aromatic N) is 1. The number of carbonyl (C=O) groups excluding carboxylic acids is 1. The summed E-state index contributed by atoms with van der Waals surface area (Å²) >= 11 is 0. The molecule has 0 aromatic heterocycles. The Kier molecular flexibility index (Phi) is 8.66. The Bertz CT molecular complexity index is 542. The van der Waals surface area contributed by atoms with Crippen LogP contribution >= 0.6 is 0 Å². The van der Waals surface area contributed by atoms with E-state index in [4.69, 9.17) is 9.84 Å². The second-order valence-electron chi connectivity index (χ2n) is 6.27. The van der Waals surface area contributed by atoms with Gasteiger partial charge in [0.2, 0.25) is 0 Å². The molecule has 1 fully saturated rings. The molecular formula is C20H30N2O3. The van der Waals surface area contributed by atoms with Gasteiger partial charge in [-0.2, -0.15) is 0 Å². The number of hydrogen-bond donors (Lipinski definition) is 2. The van der Waals surface area contributed by atoms with Gasteiger partial charge in [0, 0.05) is 31.8 Å². The number of ether oxygens (including phenoxy) is 1. The van der Waals surface area contributed by atoms with Gasteiger partial charge in [-0.15, -0.1) is 0 Å². The number of likely N-dealkylation sites (tertiary alicyclic amines) is 1. The van der Waals surface area contributed by atoms with Crippen LogP contribution in [0.2, 0.25) is 0 Å². The summed E-state index contributed by atoms with van der Waals surface area (Å²) < 4.78 is 4.89. The van der Waals surface area contributed by atoms with Gasteiger partial charge >= 0.3 is 5.97 Å². The molecule has 0 radical (unpaired) electrons. The molecule has 0 aliphatic carbocycles.